The molecule has 0 amide bonds. The number of carbonyl (C=O) groups is 1. The van der Waals surface area contributed by atoms with Crippen molar-refractivity contribution in [2.75, 3.05) is 12.4 Å². The van der Waals surface area contributed by atoms with E-state index in [2.05, 4.69) is 28.3 Å². The number of hydrogen-bond donors (Lipinski definition) is 1. The number of furan rings is 1. The minimum Gasteiger partial charge on any atom is -0.463 e. The lowest BCUT2D eigenvalue weighted by Crippen LogP contribution is -2.08. The number of fused-ring (bicyclic) bond motifs is 1. The second kappa shape index (κ2) is 6.04. The van der Waals surface area contributed by atoms with Gasteiger partial charge < -0.3 is 14.5 Å². The molecule has 1 aliphatic rings. The molecule has 0 bridgehead atoms. The molecule has 0 saturated heterocycles. The summed E-state index contributed by atoms with van der Waals surface area (Å²) in [6.07, 6.45) is 4.82. The highest BCUT2D eigenvalue weighted by Gasteiger charge is 2.14. The summed E-state index contributed by atoms with van der Waals surface area (Å²) in [6.45, 7) is 0.563. The summed E-state index contributed by atoms with van der Waals surface area (Å²) in [4.78, 5) is 11.4. The Bertz CT molecular complexity index is 645. The summed E-state index contributed by atoms with van der Waals surface area (Å²) in [5, 5.41) is 3.41. The molecule has 1 aromatic heterocycles. The number of aryl methyl sites for hydroxylation is 1. The second-order valence-corrected chi connectivity index (χ2v) is 5.26. The summed E-state index contributed by atoms with van der Waals surface area (Å²) in [6, 6.07) is 9.85. The van der Waals surface area contributed by atoms with E-state index in [0.29, 0.717) is 6.54 Å². The summed E-state index contributed by atoms with van der Waals surface area (Å²) < 4.78 is 10.1. The zero-order chi connectivity index (χ0) is 14.7. The molecule has 0 fully saturated rings. The van der Waals surface area contributed by atoms with Gasteiger partial charge in [-0.2, -0.15) is 0 Å². The molecule has 0 atom stereocenters. The van der Waals surface area contributed by atoms with Crippen LogP contribution >= 0.6 is 0 Å². The Labute approximate surface area is 124 Å². The van der Waals surface area contributed by atoms with Gasteiger partial charge in [-0.15, -0.1) is 0 Å². The molecule has 2 aromatic rings. The highest BCUT2D eigenvalue weighted by molar-refractivity contribution is 5.86. The lowest BCUT2D eigenvalue weighted by Gasteiger charge is -2.19. The van der Waals surface area contributed by atoms with Crippen molar-refractivity contribution in [2.24, 2.45) is 0 Å². The predicted molar refractivity (Wildman–Crippen MR) is 80.5 cm³/mol. The number of methoxy groups -OCH3 is 1. The normalized spacial score (nSPS) is 13.6. The average Bonchev–Trinajstić information content (AvgIpc) is 3.01. The van der Waals surface area contributed by atoms with Gasteiger partial charge in [0.1, 0.15) is 5.76 Å². The summed E-state index contributed by atoms with van der Waals surface area (Å²) in [5.74, 6) is 0.520. The van der Waals surface area contributed by atoms with Gasteiger partial charge in [-0.25, -0.2) is 4.79 Å². The highest BCUT2D eigenvalue weighted by Crippen LogP contribution is 2.28. The number of hydrogen-bond acceptors (Lipinski definition) is 4. The molecule has 110 valence electrons. The number of nitrogens with one attached hydrogen (secondary N) is 1. The summed E-state index contributed by atoms with van der Waals surface area (Å²) in [5.41, 5.74) is 4.03. The van der Waals surface area contributed by atoms with E-state index in [1.807, 2.05) is 0 Å². The summed E-state index contributed by atoms with van der Waals surface area (Å²) in [7, 11) is 1.35. The van der Waals surface area contributed by atoms with E-state index in [0.717, 1.165) is 18.6 Å². The molecule has 4 nitrogen and oxygen atoms in total. The van der Waals surface area contributed by atoms with E-state index in [9.17, 15) is 4.79 Å². The monoisotopic (exact) mass is 285 g/mol. The second-order valence-electron chi connectivity index (χ2n) is 5.26. The van der Waals surface area contributed by atoms with E-state index in [-0.39, 0.29) is 5.76 Å². The number of rotatable bonds is 4. The van der Waals surface area contributed by atoms with Gasteiger partial charge in [0.25, 0.3) is 0 Å². The molecule has 3 rings (SSSR count). The Balaban J connectivity index is 1.70. The predicted octanol–water partition coefficient (Wildman–Crippen LogP) is 3.56. The topological polar surface area (TPSA) is 51.5 Å². The first-order chi connectivity index (χ1) is 10.3. The zero-order valence-corrected chi connectivity index (χ0v) is 12.1. The van der Waals surface area contributed by atoms with Crippen molar-refractivity contribution in [3.05, 3.63) is 53.0 Å². The number of anilines is 1. The van der Waals surface area contributed by atoms with E-state index in [4.69, 9.17) is 4.42 Å². The van der Waals surface area contributed by atoms with Crippen molar-refractivity contribution >= 4 is 11.7 Å². The number of ether oxygens (including phenoxy) is 1. The quantitative estimate of drug-likeness (QED) is 0.873. The van der Waals surface area contributed by atoms with Crippen LogP contribution in [-0.2, 0) is 24.1 Å². The Morgan fingerprint density at radius 1 is 1.24 bits per heavy atom. The maximum Gasteiger partial charge on any atom is 0.373 e. The van der Waals surface area contributed by atoms with Crippen LogP contribution in [-0.4, -0.2) is 13.1 Å². The van der Waals surface area contributed by atoms with Crippen LogP contribution in [0.5, 0.6) is 0 Å². The van der Waals surface area contributed by atoms with Crippen LogP contribution in [0.15, 0.2) is 34.7 Å². The Morgan fingerprint density at radius 2 is 2.10 bits per heavy atom. The van der Waals surface area contributed by atoms with Crippen LogP contribution in [0.25, 0.3) is 0 Å². The summed E-state index contributed by atoms with van der Waals surface area (Å²) >= 11 is 0. The number of esters is 1. The minimum atomic E-state index is -0.446. The van der Waals surface area contributed by atoms with Gasteiger partial charge in [0, 0.05) is 5.69 Å². The molecule has 1 aliphatic carbocycles. The fourth-order valence-electron chi connectivity index (χ4n) is 2.81. The van der Waals surface area contributed by atoms with Crippen molar-refractivity contribution in [3.63, 3.8) is 0 Å². The third kappa shape index (κ3) is 2.94. The van der Waals surface area contributed by atoms with Crippen molar-refractivity contribution in [2.45, 2.75) is 32.2 Å². The molecule has 0 unspecified atom stereocenters. The van der Waals surface area contributed by atoms with Crippen molar-refractivity contribution < 1.29 is 13.9 Å². The molecule has 0 radical (unpaired) electrons. The van der Waals surface area contributed by atoms with E-state index in [1.165, 1.54) is 36.8 Å². The highest BCUT2D eigenvalue weighted by atomic mass is 16.5. The molecule has 0 aliphatic heterocycles. The zero-order valence-electron chi connectivity index (χ0n) is 12.1. The molecule has 1 N–H and O–H groups in total. The maximum atomic E-state index is 11.4. The smallest absolute Gasteiger partial charge is 0.373 e. The van der Waals surface area contributed by atoms with Gasteiger partial charge in [-0.1, -0.05) is 12.1 Å². The molecule has 1 heterocycles. The minimum absolute atomic E-state index is 0.240. The number of benzene rings is 1. The van der Waals surface area contributed by atoms with E-state index < -0.39 is 5.97 Å². The first kappa shape index (κ1) is 13.7. The van der Waals surface area contributed by atoms with E-state index >= 15 is 0 Å². The molecule has 4 heteroatoms. The Kier molecular flexibility index (Phi) is 3.95. The first-order valence-corrected chi connectivity index (χ1v) is 7.29. The Hall–Kier alpha value is -2.23. The molecular formula is C17H19NO3. The fraction of sp³-hybridized carbons (Fsp3) is 0.353. The fourth-order valence-corrected chi connectivity index (χ4v) is 2.81. The van der Waals surface area contributed by atoms with Gasteiger partial charge in [0.2, 0.25) is 5.76 Å². The SMILES string of the molecule is COC(=O)c1ccc(CNc2cccc3c2CCCC3)o1. The third-order valence-electron chi connectivity index (χ3n) is 3.90. The molecular weight excluding hydrogens is 266 g/mol. The lowest BCUT2D eigenvalue weighted by molar-refractivity contribution is 0.0563. The van der Waals surface area contributed by atoms with Crippen molar-refractivity contribution in [3.8, 4) is 0 Å². The molecule has 1 aromatic carbocycles. The van der Waals surface area contributed by atoms with Gasteiger partial charge >= 0.3 is 5.97 Å². The van der Waals surface area contributed by atoms with E-state index in [1.54, 1.807) is 12.1 Å². The van der Waals surface area contributed by atoms with Crippen LogP contribution in [0.3, 0.4) is 0 Å². The third-order valence-corrected chi connectivity index (χ3v) is 3.90. The van der Waals surface area contributed by atoms with Crippen LogP contribution in [0.4, 0.5) is 5.69 Å². The van der Waals surface area contributed by atoms with Gasteiger partial charge in [-0.3, -0.25) is 0 Å². The first-order valence-electron chi connectivity index (χ1n) is 7.29. The number of carbonyl (C=O) groups excluding carboxylic acids is 1. The largest absolute Gasteiger partial charge is 0.463 e. The van der Waals surface area contributed by atoms with Gasteiger partial charge in [0.05, 0.1) is 13.7 Å². The standard InChI is InChI=1S/C17H19NO3/c1-20-17(19)16-10-9-13(21-16)11-18-15-8-4-6-12-5-2-3-7-14(12)15/h4,6,8-10,18H,2-3,5,7,11H2,1H3. The van der Waals surface area contributed by atoms with Gasteiger partial charge in [0.15, 0.2) is 0 Å². The van der Waals surface area contributed by atoms with Crippen molar-refractivity contribution in [1.29, 1.82) is 0 Å². The van der Waals surface area contributed by atoms with Crippen LogP contribution < -0.4 is 5.32 Å². The van der Waals surface area contributed by atoms with Crippen LogP contribution in [0.1, 0.15) is 40.3 Å². The van der Waals surface area contributed by atoms with Crippen LogP contribution in [0, 0.1) is 0 Å². The van der Waals surface area contributed by atoms with Gasteiger partial charge in [-0.05, 0) is 55.0 Å². The molecule has 0 spiro atoms. The Morgan fingerprint density at radius 3 is 2.95 bits per heavy atom. The molecule has 0 saturated carbocycles. The maximum absolute atomic E-state index is 11.4. The van der Waals surface area contributed by atoms with Crippen molar-refractivity contribution in [1.82, 2.24) is 0 Å². The van der Waals surface area contributed by atoms with Crippen LogP contribution in [0.2, 0.25) is 0 Å². The average molecular weight is 285 g/mol. The molecule has 21 heavy (non-hydrogen) atoms. The lowest BCUT2D eigenvalue weighted by atomic mass is 9.90.